The summed E-state index contributed by atoms with van der Waals surface area (Å²) in [6.07, 6.45) is 0. The third-order valence-corrected chi connectivity index (χ3v) is 3.53. The van der Waals surface area contributed by atoms with Gasteiger partial charge in [-0.15, -0.1) is 0 Å². The van der Waals surface area contributed by atoms with Gasteiger partial charge in [0.15, 0.2) is 0 Å². The van der Waals surface area contributed by atoms with E-state index in [4.69, 9.17) is 0 Å². The van der Waals surface area contributed by atoms with Crippen LogP contribution in [0.15, 0.2) is 29.2 Å². The van der Waals surface area contributed by atoms with E-state index in [1.807, 2.05) is 11.6 Å². The molecule has 7 heteroatoms. The highest BCUT2D eigenvalue weighted by Crippen LogP contribution is 2.09. The Morgan fingerprint density at radius 2 is 1.88 bits per heavy atom. The predicted molar refractivity (Wildman–Crippen MR) is 68.8 cm³/mol. The van der Waals surface area contributed by atoms with Gasteiger partial charge in [-0.1, -0.05) is 17.7 Å². The Balaban J connectivity index is 2.75. The van der Waals surface area contributed by atoms with Gasteiger partial charge in [0.1, 0.15) is 0 Å². The van der Waals surface area contributed by atoms with Crippen LogP contribution in [0, 0.1) is 6.92 Å². The summed E-state index contributed by atoms with van der Waals surface area (Å²) < 4.78 is 25.4. The molecule has 1 aromatic carbocycles. The maximum Gasteiger partial charge on any atom is 0.328 e. The molecule has 0 aliphatic rings. The summed E-state index contributed by atoms with van der Waals surface area (Å²) in [5, 5.41) is 2.36. The Bertz CT molecular complexity index is 483. The highest BCUT2D eigenvalue weighted by Gasteiger charge is 2.16. The second kappa shape index (κ2) is 5.92. The summed E-state index contributed by atoms with van der Waals surface area (Å²) >= 11 is 3.90. The fraction of sp³-hybridized carbons (Fsp3) is 0.300. The lowest BCUT2D eigenvalue weighted by Gasteiger charge is -2.07. The molecule has 0 aliphatic carbocycles. The minimum absolute atomic E-state index is 0.0594. The van der Waals surface area contributed by atoms with Crippen LogP contribution in [0.4, 0.5) is 4.79 Å². The standard InChI is InChI=1S/C10H14N2O3S2/c1-8-2-4-9(5-3-8)17(14,15)12-10(13)11-6-7-16/h2-5,16H,6-7H2,1H3,(H2,11,12,13). The fourth-order valence-corrected chi connectivity index (χ4v) is 2.14. The van der Waals surface area contributed by atoms with Crippen LogP contribution in [0.25, 0.3) is 0 Å². The quantitative estimate of drug-likeness (QED) is 0.714. The van der Waals surface area contributed by atoms with Gasteiger partial charge in [-0.05, 0) is 19.1 Å². The Labute approximate surface area is 106 Å². The van der Waals surface area contributed by atoms with Gasteiger partial charge in [0.2, 0.25) is 0 Å². The van der Waals surface area contributed by atoms with E-state index in [9.17, 15) is 13.2 Å². The summed E-state index contributed by atoms with van der Waals surface area (Å²) in [6.45, 7) is 2.15. The number of urea groups is 1. The second-order valence-electron chi connectivity index (χ2n) is 3.40. The lowest BCUT2D eigenvalue weighted by Crippen LogP contribution is -2.40. The van der Waals surface area contributed by atoms with Crippen LogP contribution >= 0.6 is 12.6 Å². The molecule has 1 rings (SSSR count). The molecule has 5 nitrogen and oxygen atoms in total. The fourth-order valence-electron chi connectivity index (χ4n) is 1.10. The number of carbonyl (C=O) groups excluding carboxylic acids is 1. The molecule has 94 valence electrons. The minimum Gasteiger partial charge on any atom is -0.336 e. The lowest BCUT2D eigenvalue weighted by molar-refractivity contribution is 0.246. The average Bonchev–Trinajstić information content (AvgIpc) is 2.26. The summed E-state index contributed by atoms with van der Waals surface area (Å²) in [5.41, 5.74) is 0.948. The number of benzene rings is 1. The van der Waals surface area contributed by atoms with E-state index in [-0.39, 0.29) is 4.90 Å². The van der Waals surface area contributed by atoms with E-state index in [2.05, 4.69) is 17.9 Å². The maximum atomic E-state index is 11.7. The monoisotopic (exact) mass is 274 g/mol. The van der Waals surface area contributed by atoms with Crippen molar-refractivity contribution in [3.63, 3.8) is 0 Å². The summed E-state index contributed by atoms with van der Waals surface area (Å²) in [4.78, 5) is 11.3. The van der Waals surface area contributed by atoms with Crippen molar-refractivity contribution in [1.82, 2.24) is 10.0 Å². The molecule has 0 saturated heterocycles. The first-order chi connectivity index (χ1) is 7.95. The molecular formula is C10H14N2O3S2. The highest BCUT2D eigenvalue weighted by atomic mass is 32.2. The number of rotatable bonds is 4. The molecule has 0 aromatic heterocycles. The molecule has 0 unspecified atom stereocenters. The normalized spacial score (nSPS) is 10.9. The maximum absolute atomic E-state index is 11.7. The van der Waals surface area contributed by atoms with E-state index in [1.165, 1.54) is 12.1 Å². The smallest absolute Gasteiger partial charge is 0.328 e. The topological polar surface area (TPSA) is 75.3 Å². The van der Waals surface area contributed by atoms with Crippen molar-refractivity contribution in [2.75, 3.05) is 12.3 Å². The van der Waals surface area contributed by atoms with Crippen LogP contribution in [0.5, 0.6) is 0 Å². The number of carbonyl (C=O) groups is 1. The zero-order chi connectivity index (χ0) is 12.9. The van der Waals surface area contributed by atoms with Gasteiger partial charge in [-0.3, -0.25) is 0 Å². The van der Waals surface area contributed by atoms with E-state index >= 15 is 0 Å². The van der Waals surface area contributed by atoms with Gasteiger partial charge in [0.25, 0.3) is 10.0 Å². The Hall–Kier alpha value is -1.21. The number of hydrogen-bond donors (Lipinski definition) is 3. The molecule has 2 N–H and O–H groups in total. The molecule has 0 atom stereocenters. The van der Waals surface area contributed by atoms with E-state index < -0.39 is 16.1 Å². The number of hydrogen-bond acceptors (Lipinski definition) is 4. The van der Waals surface area contributed by atoms with Crippen molar-refractivity contribution in [2.45, 2.75) is 11.8 Å². The van der Waals surface area contributed by atoms with Crippen molar-refractivity contribution in [2.24, 2.45) is 0 Å². The first-order valence-electron chi connectivity index (χ1n) is 4.94. The van der Waals surface area contributed by atoms with Crippen molar-refractivity contribution in [3.8, 4) is 0 Å². The van der Waals surface area contributed by atoms with Crippen molar-refractivity contribution in [3.05, 3.63) is 29.8 Å². The zero-order valence-corrected chi connectivity index (χ0v) is 11.0. The van der Waals surface area contributed by atoms with Crippen molar-refractivity contribution in [1.29, 1.82) is 0 Å². The number of amides is 2. The van der Waals surface area contributed by atoms with Crippen LogP contribution < -0.4 is 10.0 Å². The third-order valence-electron chi connectivity index (χ3n) is 1.96. The molecular weight excluding hydrogens is 260 g/mol. The second-order valence-corrected chi connectivity index (χ2v) is 5.53. The van der Waals surface area contributed by atoms with Crippen molar-refractivity contribution >= 4 is 28.7 Å². The van der Waals surface area contributed by atoms with Gasteiger partial charge in [0.05, 0.1) is 4.90 Å². The Kier molecular flexibility index (Phi) is 4.83. The van der Waals surface area contributed by atoms with Crippen LogP contribution in [-0.2, 0) is 10.0 Å². The first kappa shape index (κ1) is 13.9. The van der Waals surface area contributed by atoms with Gasteiger partial charge in [-0.25, -0.2) is 17.9 Å². The molecule has 0 fully saturated rings. The number of thiol groups is 1. The van der Waals surface area contributed by atoms with E-state index in [0.29, 0.717) is 12.3 Å². The molecule has 0 saturated carbocycles. The van der Waals surface area contributed by atoms with Crippen LogP contribution in [0.3, 0.4) is 0 Å². The summed E-state index contributed by atoms with van der Waals surface area (Å²) in [6, 6.07) is 5.48. The van der Waals surface area contributed by atoms with Gasteiger partial charge in [0, 0.05) is 12.3 Å². The predicted octanol–water partition coefficient (Wildman–Crippen LogP) is 0.913. The van der Waals surface area contributed by atoms with E-state index in [1.54, 1.807) is 12.1 Å². The third kappa shape index (κ3) is 4.27. The number of nitrogens with one attached hydrogen (secondary N) is 2. The molecule has 2 amide bonds. The average molecular weight is 274 g/mol. The number of sulfonamides is 1. The van der Waals surface area contributed by atoms with Crippen LogP contribution in [0.2, 0.25) is 0 Å². The zero-order valence-electron chi connectivity index (χ0n) is 9.30. The summed E-state index contributed by atoms with van der Waals surface area (Å²) in [5.74, 6) is 0.442. The van der Waals surface area contributed by atoms with E-state index in [0.717, 1.165) is 5.56 Å². The van der Waals surface area contributed by atoms with Crippen LogP contribution in [-0.4, -0.2) is 26.7 Å². The van der Waals surface area contributed by atoms with Crippen LogP contribution in [0.1, 0.15) is 5.56 Å². The molecule has 17 heavy (non-hydrogen) atoms. The Morgan fingerprint density at radius 1 is 1.29 bits per heavy atom. The molecule has 0 heterocycles. The van der Waals surface area contributed by atoms with Gasteiger partial charge < -0.3 is 5.32 Å². The van der Waals surface area contributed by atoms with Crippen molar-refractivity contribution < 1.29 is 13.2 Å². The molecule has 0 spiro atoms. The van der Waals surface area contributed by atoms with Gasteiger partial charge in [-0.2, -0.15) is 12.6 Å². The minimum atomic E-state index is -3.79. The molecule has 1 aromatic rings. The number of aryl methyl sites for hydroxylation is 1. The SMILES string of the molecule is Cc1ccc(S(=O)(=O)NC(=O)NCCS)cc1. The lowest BCUT2D eigenvalue weighted by atomic mass is 10.2. The highest BCUT2D eigenvalue weighted by molar-refractivity contribution is 7.90. The summed E-state index contributed by atoms with van der Waals surface area (Å²) in [7, 11) is -3.79. The Morgan fingerprint density at radius 3 is 2.41 bits per heavy atom. The first-order valence-corrected chi connectivity index (χ1v) is 7.05. The molecule has 0 bridgehead atoms. The molecule has 0 radical (unpaired) electrons. The van der Waals surface area contributed by atoms with Gasteiger partial charge >= 0.3 is 6.03 Å². The largest absolute Gasteiger partial charge is 0.336 e. The molecule has 0 aliphatic heterocycles.